The Labute approximate surface area is 105 Å². The molecule has 0 aliphatic heterocycles. The average Bonchev–Trinajstić information content (AvgIpc) is 2.32. The summed E-state index contributed by atoms with van der Waals surface area (Å²) in [5.41, 5.74) is 0.487. The molecule has 0 aromatic heterocycles. The number of aryl methyl sites for hydroxylation is 1. The molecule has 0 unspecified atom stereocenters. The fraction of sp³-hybridized carbons (Fsp3) is 0.385. The summed E-state index contributed by atoms with van der Waals surface area (Å²) in [5.74, 6) is 1.96. The molecule has 0 fully saturated rings. The first-order valence-electron chi connectivity index (χ1n) is 5.68. The van der Waals surface area contributed by atoms with Crippen LogP contribution < -0.4 is 5.32 Å². The van der Waals surface area contributed by atoms with Crippen molar-refractivity contribution in [1.82, 2.24) is 0 Å². The van der Waals surface area contributed by atoms with Gasteiger partial charge in [-0.05, 0) is 31.4 Å². The average molecular weight is 250 g/mol. The number of nitrogens with zero attached hydrogens (tertiary/aromatic N) is 1. The summed E-state index contributed by atoms with van der Waals surface area (Å²) in [6, 6.07) is 2.40. The molecule has 0 aliphatic rings. The van der Waals surface area contributed by atoms with E-state index in [2.05, 4.69) is 11.2 Å². The van der Waals surface area contributed by atoms with Crippen LogP contribution in [0.1, 0.15) is 24.8 Å². The van der Waals surface area contributed by atoms with Gasteiger partial charge in [-0.1, -0.05) is 0 Å². The van der Waals surface area contributed by atoms with Crippen molar-refractivity contribution in [2.75, 3.05) is 11.9 Å². The molecule has 0 atom stereocenters. The molecular weight excluding hydrogens is 235 g/mol. The molecule has 0 saturated carbocycles. The van der Waals surface area contributed by atoms with Gasteiger partial charge in [0.1, 0.15) is 11.5 Å². The molecule has 4 nitrogen and oxygen atoms in total. The Balaban J connectivity index is 2.72. The molecule has 0 radical (unpaired) electrons. The van der Waals surface area contributed by atoms with Crippen LogP contribution >= 0.6 is 0 Å². The predicted octanol–water partition coefficient (Wildman–Crippen LogP) is 3.26. The second-order valence-electron chi connectivity index (χ2n) is 3.96. The number of nitro benzene ring substituents is 1. The van der Waals surface area contributed by atoms with Crippen molar-refractivity contribution in [2.24, 2.45) is 0 Å². The van der Waals surface area contributed by atoms with Crippen LogP contribution in [0.4, 0.5) is 15.8 Å². The minimum atomic E-state index is -0.591. The van der Waals surface area contributed by atoms with Gasteiger partial charge >= 0.3 is 0 Å². The standard InChI is InChI=1S/C13H15FN2O2/c1-3-4-5-6-7-15-12-8-10(2)11(14)9-13(12)16(17)18/h1,8-9,15H,4-7H2,2H3. The Morgan fingerprint density at radius 2 is 2.22 bits per heavy atom. The lowest BCUT2D eigenvalue weighted by Crippen LogP contribution is -2.05. The third-order valence-corrected chi connectivity index (χ3v) is 2.54. The highest BCUT2D eigenvalue weighted by Gasteiger charge is 2.16. The number of nitrogens with one attached hydrogen (secondary N) is 1. The summed E-state index contributed by atoms with van der Waals surface area (Å²) in [4.78, 5) is 10.2. The number of rotatable bonds is 6. The number of unbranched alkanes of at least 4 members (excludes halogenated alkanes) is 2. The van der Waals surface area contributed by atoms with E-state index in [4.69, 9.17) is 6.42 Å². The van der Waals surface area contributed by atoms with Gasteiger partial charge in [-0.25, -0.2) is 4.39 Å². The molecule has 0 aliphatic carbocycles. The van der Waals surface area contributed by atoms with Gasteiger partial charge in [0, 0.05) is 13.0 Å². The third-order valence-electron chi connectivity index (χ3n) is 2.54. The van der Waals surface area contributed by atoms with Crippen molar-refractivity contribution in [3.05, 3.63) is 33.6 Å². The van der Waals surface area contributed by atoms with Gasteiger partial charge in [0.05, 0.1) is 11.0 Å². The second kappa shape index (κ2) is 6.60. The molecule has 0 bridgehead atoms. The van der Waals surface area contributed by atoms with Crippen molar-refractivity contribution in [1.29, 1.82) is 0 Å². The van der Waals surface area contributed by atoms with Crippen LogP contribution in [-0.4, -0.2) is 11.5 Å². The Kier molecular flexibility index (Phi) is 5.12. The van der Waals surface area contributed by atoms with Crippen LogP contribution in [0.2, 0.25) is 0 Å². The highest BCUT2D eigenvalue weighted by Crippen LogP contribution is 2.27. The molecule has 1 rings (SSSR count). The van der Waals surface area contributed by atoms with Gasteiger partial charge < -0.3 is 5.32 Å². The summed E-state index contributed by atoms with van der Waals surface area (Å²) in [7, 11) is 0. The Morgan fingerprint density at radius 1 is 1.50 bits per heavy atom. The van der Waals surface area contributed by atoms with E-state index in [0.29, 0.717) is 24.2 Å². The fourth-order valence-corrected chi connectivity index (χ4v) is 1.54. The fourth-order valence-electron chi connectivity index (χ4n) is 1.54. The van der Waals surface area contributed by atoms with E-state index in [-0.39, 0.29) is 5.69 Å². The van der Waals surface area contributed by atoms with Crippen LogP contribution in [0, 0.1) is 35.2 Å². The topological polar surface area (TPSA) is 55.2 Å². The first-order valence-corrected chi connectivity index (χ1v) is 5.68. The summed E-state index contributed by atoms with van der Waals surface area (Å²) in [5, 5.41) is 13.7. The molecule has 1 aromatic rings. The minimum absolute atomic E-state index is 0.241. The number of hydrogen-bond donors (Lipinski definition) is 1. The molecule has 0 amide bonds. The molecule has 0 saturated heterocycles. The SMILES string of the molecule is C#CCCCCNc1cc(C)c(F)cc1[N+](=O)[O-]. The van der Waals surface area contributed by atoms with E-state index in [1.54, 1.807) is 6.92 Å². The largest absolute Gasteiger partial charge is 0.379 e. The van der Waals surface area contributed by atoms with Crippen LogP contribution in [0.5, 0.6) is 0 Å². The molecule has 5 heteroatoms. The van der Waals surface area contributed by atoms with Crippen molar-refractivity contribution < 1.29 is 9.31 Å². The van der Waals surface area contributed by atoms with Gasteiger partial charge in [-0.15, -0.1) is 12.3 Å². The summed E-state index contributed by atoms with van der Waals surface area (Å²) in [6.45, 7) is 2.15. The van der Waals surface area contributed by atoms with Crippen molar-refractivity contribution >= 4 is 11.4 Å². The Morgan fingerprint density at radius 3 is 2.83 bits per heavy atom. The number of anilines is 1. The number of benzene rings is 1. The maximum Gasteiger partial charge on any atom is 0.295 e. The van der Waals surface area contributed by atoms with E-state index in [1.165, 1.54) is 6.07 Å². The van der Waals surface area contributed by atoms with Crippen LogP contribution in [-0.2, 0) is 0 Å². The van der Waals surface area contributed by atoms with E-state index < -0.39 is 10.7 Å². The highest BCUT2D eigenvalue weighted by atomic mass is 19.1. The van der Waals surface area contributed by atoms with Gasteiger partial charge in [0.2, 0.25) is 0 Å². The Bertz CT molecular complexity index is 481. The smallest absolute Gasteiger partial charge is 0.295 e. The van der Waals surface area contributed by atoms with E-state index in [9.17, 15) is 14.5 Å². The number of halogens is 1. The van der Waals surface area contributed by atoms with Crippen LogP contribution in [0.25, 0.3) is 0 Å². The first-order chi connectivity index (χ1) is 8.56. The molecule has 96 valence electrons. The number of nitro groups is 1. The third kappa shape index (κ3) is 3.74. The van der Waals surface area contributed by atoms with Crippen LogP contribution in [0.3, 0.4) is 0 Å². The van der Waals surface area contributed by atoms with Crippen molar-refractivity contribution in [2.45, 2.75) is 26.2 Å². The van der Waals surface area contributed by atoms with E-state index >= 15 is 0 Å². The maximum absolute atomic E-state index is 13.3. The summed E-state index contributed by atoms with van der Waals surface area (Å²) < 4.78 is 13.3. The van der Waals surface area contributed by atoms with Crippen molar-refractivity contribution in [3.63, 3.8) is 0 Å². The van der Waals surface area contributed by atoms with Gasteiger partial charge in [0.15, 0.2) is 0 Å². The summed E-state index contributed by atoms with van der Waals surface area (Å²) in [6.07, 6.45) is 7.48. The molecule has 1 N–H and O–H groups in total. The Hall–Kier alpha value is -2.09. The molecular formula is C13H15FN2O2. The van der Waals surface area contributed by atoms with Gasteiger partial charge in [0.25, 0.3) is 5.69 Å². The quantitative estimate of drug-likeness (QED) is 0.365. The summed E-state index contributed by atoms with van der Waals surface area (Å²) >= 11 is 0. The normalized spacial score (nSPS) is 9.83. The predicted molar refractivity (Wildman–Crippen MR) is 69.0 cm³/mol. The zero-order valence-corrected chi connectivity index (χ0v) is 10.2. The zero-order chi connectivity index (χ0) is 13.5. The second-order valence-corrected chi connectivity index (χ2v) is 3.96. The lowest BCUT2D eigenvalue weighted by atomic mass is 10.1. The highest BCUT2D eigenvalue weighted by molar-refractivity contribution is 5.63. The molecule has 0 heterocycles. The monoisotopic (exact) mass is 250 g/mol. The minimum Gasteiger partial charge on any atom is -0.379 e. The van der Waals surface area contributed by atoms with Gasteiger partial charge in [-0.3, -0.25) is 10.1 Å². The first kappa shape index (κ1) is 14.0. The zero-order valence-electron chi connectivity index (χ0n) is 10.2. The molecule has 0 spiro atoms. The lowest BCUT2D eigenvalue weighted by Gasteiger charge is -2.08. The maximum atomic E-state index is 13.3. The number of hydrogen-bond acceptors (Lipinski definition) is 3. The van der Waals surface area contributed by atoms with E-state index in [1.807, 2.05) is 0 Å². The lowest BCUT2D eigenvalue weighted by molar-refractivity contribution is -0.384. The molecule has 18 heavy (non-hydrogen) atoms. The molecule has 1 aromatic carbocycles. The van der Waals surface area contributed by atoms with E-state index in [0.717, 1.165) is 18.9 Å². The van der Waals surface area contributed by atoms with Gasteiger partial charge in [-0.2, -0.15) is 0 Å². The number of terminal acetylenes is 1. The van der Waals surface area contributed by atoms with Crippen molar-refractivity contribution in [3.8, 4) is 12.3 Å². The van der Waals surface area contributed by atoms with Crippen LogP contribution in [0.15, 0.2) is 12.1 Å².